The third-order valence-electron chi connectivity index (χ3n) is 4.73. The van der Waals surface area contributed by atoms with Gasteiger partial charge in [0.05, 0.1) is 0 Å². The SMILES string of the molecule is CC(C)C1CCN(C)c2ccc(Cc3ccccc3)cc21. The van der Waals surface area contributed by atoms with Crippen molar-refractivity contribution in [1.82, 2.24) is 0 Å². The lowest BCUT2D eigenvalue weighted by Crippen LogP contribution is -2.29. The molecule has 0 aliphatic carbocycles. The van der Waals surface area contributed by atoms with Gasteiger partial charge in [0.2, 0.25) is 0 Å². The van der Waals surface area contributed by atoms with Crippen molar-refractivity contribution in [2.45, 2.75) is 32.6 Å². The summed E-state index contributed by atoms with van der Waals surface area (Å²) >= 11 is 0. The van der Waals surface area contributed by atoms with E-state index in [4.69, 9.17) is 0 Å². The van der Waals surface area contributed by atoms with E-state index < -0.39 is 0 Å². The van der Waals surface area contributed by atoms with Gasteiger partial charge in [-0.3, -0.25) is 0 Å². The summed E-state index contributed by atoms with van der Waals surface area (Å²) in [6, 6.07) is 17.8. The molecule has 110 valence electrons. The zero-order valence-electron chi connectivity index (χ0n) is 13.3. The molecule has 1 nitrogen and oxygen atoms in total. The first-order valence-corrected chi connectivity index (χ1v) is 8.03. The van der Waals surface area contributed by atoms with Gasteiger partial charge < -0.3 is 4.90 Å². The van der Waals surface area contributed by atoms with Crippen molar-refractivity contribution >= 4 is 5.69 Å². The lowest BCUT2D eigenvalue weighted by molar-refractivity contribution is 0.455. The molecule has 2 aromatic carbocycles. The highest BCUT2D eigenvalue weighted by Crippen LogP contribution is 2.39. The van der Waals surface area contributed by atoms with E-state index in [0.717, 1.165) is 6.42 Å². The summed E-state index contributed by atoms with van der Waals surface area (Å²) in [5.74, 6) is 1.41. The van der Waals surface area contributed by atoms with Crippen molar-refractivity contribution in [3.63, 3.8) is 0 Å². The summed E-state index contributed by atoms with van der Waals surface area (Å²) in [6.07, 6.45) is 2.30. The van der Waals surface area contributed by atoms with Crippen LogP contribution in [0.3, 0.4) is 0 Å². The fourth-order valence-electron chi connectivity index (χ4n) is 3.49. The van der Waals surface area contributed by atoms with Gasteiger partial charge in [0.1, 0.15) is 0 Å². The predicted molar refractivity (Wildman–Crippen MR) is 91.2 cm³/mol. The molecule has 2 aromatic rings. The van der Waals surface area contributed by atoms with Crippen molar-refractivity contribution in [2.75, 3.05) is 18.5 Å². The van der Waals surface area contributed by atoms with Crippen molar-refractivity contribution in [3.05, 3.63) is 65.2 Å². The van der Waals surface area contributed by atoms with E-state index in [0.29, 0.717) is 11.8 Å². The number of hydrogen-bond acceptors (Lipinski definition) is 1. The first kappa shape index (κ1) is 14.2. The van der Waals surface area contributed by atoms with Crippen LogP contribution >= 0.6 is 0 Å². The molecule has 3 rings (SSSR count). The predicted octanol–water partition coefficient (Wildman–Crippen LogP) is 4.86. The monoisotopic (exact) mass is 279 g/mol. The summed E-state index contributed by atoms with van der Waals surface area (Å²) in [4.78, 5) is 2.40. The van der Waals surface area contributed by atoms with Gasteiger partial charge in [0, 0.05) is 19.3 Å². The smallest absolute Gasteiger partial charge is 0.0399 e. The zero-order valence-corrected chi connectivity index (χ0v) is 13.3. The first-order chi connectivity index (χ1) is 10.1. The number of rotatable bonds is 3. The number of benzene rings is 2. The maximum atomic E-state index is 2.45. The molecular weight excluding hydrogens is 254 g/mol. The van der Waals surface area contributed by atoms with Gasteiger partial charge in [-0.1, -0.05) is 56.3 Å². The van der Waals surface area contributed by atoms with Gasteiger partial charge in [-0.25, -0.2) is 0 Å². The Hall–Kier alpha value is -1.76. The van der Waals surface area contributed by atoms with Gasteiger partial charge in [0.15, 0.2) is 0 Å². The summed E-state index contributed by atoms with van der Waals surface area (Å²) in [7, 11) is 2.21. The van der Waals surface area contributed by atoms with Crippen LogP contribution in [0.1, 0.15) is 42.9 Å². The summed E-state index contributed by atoms with van der Waals surface area (Å²) < 4.78 is 0. The Kier molecular flexibility index (Phi) is 4.01. The Bertz CT molecular complexity index is 600. The summed E-state index contributed by atoms with van der Waals surface area (Å²) in [6.45, 7) is 5.88. The minimum atomic E-state index is 0.701. The van der Waals surface area contributed by atoms with E-state index >= 15 is 0 Å². The van der Waals surface area contributed by atoms with E-state index in [1.807, 2.05) is 0 Å². The fraction of sp³-hybridized carbons (Fsp3) is 0.400. The van der Waals surface area contributed by atoms with Crippen LogP contribution in [-0.2, 0) is 6.42 Å². The fourth-order valence-corrected chi connectivity index (χ4v) is 3.49. The minimum Gasteiger partial charge on any atom is -0.374 e. The molecule has 1 atom stereocenters. The van der Waals surface area contributed by atoms with Crippen molar-refractivity contribution in [1.29, 1.82) is 0 Å². The Balaban J connectivity index is 1.93. The average molecular weight is 279 g/mol. The van der Waals surface area contributed by atoms with Crippen LogP contribution in [-0.4, -0.2) is 13.6 Å². The Morgan fingerprint density at radius 1 is 1.05 bits per heavy atom. The van der Waals surface area contributed by atoms with E-state index in [1.54, 1.807) is 5.56 Å². The molecule has 0 saturated carbocycles. The topological polar surface area (TPSA) is 3.24 Å². The van der Waals surface area contributed by atoms with Crippen LogP contribution in [0.2, 0.25) is 0 Å². The molecule has 0 N–H and O–H groups in total. The Labute approximate surface area is 128 Å². The van der Waals surface area contributed by atoms with Gasteiger partial charge in [-0.05, 0) is 47.4 Å². The highest BCUT2D eigenvalue weighted by atomic mass is 15.1. The molecule has 0 radical (unpaired) electrons. The van der Waals surface area contributed by atoms with Gasteiger partial charge in [0.25, 0.3) is 0 Å². The number of nitrogens with zero attached hydrogens (tertiary/aromatic N) is 1. The normalized spacial score (nSPS) is 17.9. The standard InChI is InChI=1S/C20H25N/c1-15(2)18-11-12-21(3)20-10-9-17(14-19(18)20)13-16-7-5-4-6-8-16/h4-10,14-15,18H,11-13H2,1-3H3. The van der Waals surface area contributed by atoms with Crippen LogP contribution in [0.5, 0.6) is 0 Å². The lowest BCUT2D eigenvalue weighted by Gasteiger charge is -2.35. The molecular formula is C20H25N. The second-order valence-electron chi connectivity index (χ2n) is 6.62. The molecule has 0 bridgehead atoms. The lowest BCUT2D eigenvalue weighted by atomic mass is 9.81. The van der Waals surface area contributed by atoms with Gasteiger partial charge in [-0.15, -0.1) is 0 Å². The number of fused-ring (bicyclic) bond motifs is 1. The largest absolute Gasteiger partial charge is 0.374 e. The third kappa shape index (κ3) is 2.97. The second kappa shape index (κ2) is 5.93. The van der Waals surface area contributed by atoms with Crippen LogP contribution in [0, 0.1) is 5.92 Å². The highest BCUT2D eigenvalue weighted by molar-refractivity contribution is 5.58. The maximum Gasteiger partial charge on any atom is 0.0399 e. The zero-order chi connectivity index (χ0) is 14.8. The quantitative estimate of drug-likeness (QED) is 0.775. The van der Waals surface area contributed by atoms with Gasteiger partial charge >= 0.3 is 0 Å². The molecule has 1 unspecified atom stereocenters. The van der Waals surface area contributed by atoms with Crippen molar-refractivity contribution in [2.24, 2.45) is 5.92 Å². The van der Waals surface area contributed by atoms with Crippen molar-refractivity contribution in [3.8, 4) is 0 Å². The molecule has 1 heteroatoms. The Morgan fingerprint density at radius 2 is 1.81 bits per heavy atom. The van der Waals surface area contributed by atoms with E-state index in [2.05, 4.69) is 74.3 Å². The summed E-state index contributed by atoms with van der Waals surface area (Å²) in [5.41, 5.74) is 5.80. The number of hydrogen-bond donors (Lipinski definition) is 0. The first-order valence-electron chi connectivity index (χ1n) is 8.03. The molecule has 0 fully saturated rings. The third-order valence-corrected chi connectivity index (χ3v) is 4.73. The molecule has 0 spiro atoms. The van der Waals surface area contributed by atoms with E-state index in [-0.39, 0.29) is 0 Å². The van der Waals surface area contributed by atoms with E-state index in [1.165, 1.54) is 29.8 Å². The average Bonchev–Trinajstić information content (AvgIpc) is 2.48. The molecule has 1 aliphatic rings. The van der Waals surface area contributed by atoms with E-state index in [9.17, 15) is 0 Å². The van der Waals surface area contributed by atoms with Crippen molar-refractivity contribution < 1.29 is 0 Å². The van der Waals surface area contributed by atoms with Crippen LogP contribution < -0.4 is 4.90 Å². The highest BCUT2D eigenvalue weighted by Gasteiger charge is 2.25. The maximum absolute atomic E-state index is 2.45. The molecule has 0 saturated heterocycles. The molecule has 21 heavy (non-hydrogen) atoms. The van der Waals surface area contributed by atoms with Gasteiger partial charge in [-0.2, -0.15) is 0 Å². The van der Waals surface area contributed by atoms with Crippen LogP contribution in [0.15, 0.2) is 48.5 Å². The molecule has 0 aromatic heterocycles. The Morgan fingerprint density at radius 3 is 2.52 bits per heavy atom. The second-order valence-corrected chi connectivity index (χ2v) is 6.62. The van der Waals surface area contributed by atoms with Crippen LogP contribution in [0.4, 0.5) is 5.69 Å². The minimum absolute atomic E-state index is 0.701. The molecule has 0 amide bonds. The van der Waals surface area contributed by atoms with Crippen LogP contribution in [0.25, 0.3) is 0 Å². The molecule has 1 heterocycles. The summed E-state index contributed by atoms with van der Waals surface area (Å²) in [5, 5.41) is 0. The molecule has 1 aliphatic heterocycles. The number of anilines is 1.